The van der Waals surface area contributed by atoms with Gasteiger partial charge in [-0.3, -0.25) is 14.4 Å². The van der Waals surface area contributed by atoms with Crippen LogP contribution >= 0.6 is 0 Å². The third-order valence-corrected chi connectivity index (χ3v) is 3.53. The second kappa shape index (κ2) is 6.00. The average molecular weight is 322 g/mol. The maximum absolute atomic E-state index is 12.3. The number of nitrogens with two attached hydrogens (primary N) is 1. The van der Waals surface area contributed by atoms with E-state index in [4.69, 9.17) is 10.2 Å². The molecule has 0 radical (unpaired) electrons. The van der Waals surface area contributed by atoms with Gasteiger partial charge in [0.1, 0.15) is 5.58 Å². The van der Waals surface area contributed by atoms with Crippen molar-refractivity contribution in [3.05, 3.63) is 75.6 Å². The lowest BCUT2D eigenvalue weighted by molar-refractivity contribution is 0.0992. The van der Waals surface area contributed by atoms with Crippen molar-refractivity contribution in [2.24, 2.45) is 5.73 Å². The van der Waals surface area contributed by atoms with Gasteiger partial charge in [-0.15, -0.1) is 0 Å². The molecule has 2 aromatic carbocycles. The number of hydrogen-bond donors (Lipinski definition) is 2. The van der Waals surface area contributed by atoms with Crippen LogP contribution in [0.5, 0.6) is 0 Å². The second-order valence-electron chi connectivity index (χ2n) is 5.37. The fourth-order valence-electron chi connectivity index (χ4n) is 2.29. The molecular formula is C18H14N2O4. The summed E-state index contributed by atoms with van der Waals surface area (Å²) in [5.74, 6) is -1.19. The van der Waals surface area contributed by atoms with Crippen LogP contribution in [0.2, 0.25) is 0 Å². The summed E-state index contributed by atoms with van der Waals surface area (Å²) in [6.07, 6.45) is 0. The van der Waals surface area contributed by atoms with Crippen LogP contribution in [0.4, 0.5) is 5.69 Å². The minimum absolute atomic E-state index is 0.0877. The Morgan fingerprint density at radius 3 is 2.42 bits per heavy atom. The Bertz CT molecular complexity index is 1000. The lowest BCUT2D eigenvalue weighted by atomic mass is 10.1. The van der Waals surface area contributed by atoms with Gasteiger partial charge in [-0.1, -0.05) is 11.6 Å². The summed E-state index contributed by atoms with van der Waals surface area (Å²) in [6.45, 7) is 1.87. The van der Waals surface area contributed by atoms with Gasteiger partial charge < -0.3 is 15.5 Å². The first kappa shape index (κ1) is 15.5. The lowest BCUT2D eigenvalue weighted by Gasteiger charge is -2.06. The third-order valence-electron chi connectivity index (χ3n) is 3.53. The summed E-state index contributed by atoms with van der Waals surface area (Å²) in [5, 5.41) is 3.03. The van der Waals surface area contributed by atoms with Crippen molar-refractivity contribution < 1.29 is 14.0 Å². The van der Waals surface area contributed by atoms with Crippen LogP contribution in [0, 0.1) is 6.92 Å². The van der Waals surface area contributed by atoms with Crippen LogP contribution in [-0.2, 0) is 0 Å². The van der Waals surface area contributed by atoms with Gasteiger partial charge in [0.25, 0.3) is 5.91 Å². The van der Waals surface area contributed by atoms with Gasteiger partial charge in [0.05, 0.1) is 5.39 Å². The number of hydrogen-bond acceptors (Lipinski definition) is 4. The van der Waals surface area contributed by atoms with Crippen molar-refractivity contribution >= 4 is 28.5 Å². The first-order valence-electron chi connectivity index (χ1n) is 7.20. The van der Waals surface area contributed by atoms with Crippen molar-refractivity contribution in [2.75, 3.05) is 5.32 Å². The van der Waals surface area contributed by atoms with E-state index in [1.807, 2.05) is 6.92 Å². The Hall–Kier alpha value is -3.41. The fourth-order valence-corrected chi connectivity index (χ4v) is 2.29. The van der Waals surface area contributed by atoms with Gasteiger partial charge in [-0.25, -0.2) is 0 Å². The van der Waals surface area contributed by atoms with Crippen molar-refractivity contribution in [1.82, 2.24) is 0 Å². The van der Waals surface area contributed by atoms with Gasteiger partial charge in [0.15, 0.2) is 11.2 Å². The number of amides is 2. The Balaban J connectivity index is 1.90. The van der Waals surface area contributed by atoms with E-state index in [0.29, 0.717) is 22.2 Å². The number of primary amides is 1. The highest BCUT2D eigenvalue weighted by Gasteiger charge is 2.13. The maximum atomic E-state index is 12.3. The summed E-state index contributed by atoms with van der Waals surface area (Å²) in [5.41, 5.74) is 6.95. The molecule has 0 aliphatic heterocycles. The zero-order chi connectivity index (χ0) is 17.3. The second-order valence-corrected chi connectivity index (χ2v) is 5.37. The summed E-state index contributed by atoms with van der Waals surface area (Å²) >= 11 is 0. The highest BCUT2D eigenvalue weighted by molar-refractivity contribution is 6.03. The monoisotopic (exact) mass is 322 g/mol. The Morgan fingerprint density at radius 2 is 1.75 bits per heavy atom. The topological polar surface area (TPSA) is 102 Å². The van der Waals surface area contributed by atoms with E-state index >= 15 is 0 Å². The van der Waals surface area contributed by atoms with Crippen molar-refractivity contribution in [2.45, 2.75) is 6.92 Å². The highest BCUT2D eigenvalue weighted by Crippen LogP contribution is 2.16. The minimum Gasteiger partial charge on any atom is -0.451 e. The molecule has 0 aliphatic rings. The summed E-state index contributed by atoms with van der Waals surface area (Å²) in [7, 11) is 0. The molecule has 3 aromatic rings. The molecule has 3 N–H and O–H groups in total. The van der Waals surface area contributed by atoms with E-state index in [9.17, 15) is 14.4 Å². The number of carbonyl (C=O) groups excluding carboxylic acids is 2. The number of rotatable bonds is 3. The van der Waals surface area contributed by atoms with Gasteiger partial charge in [-0.2, -0.15) is 0 Å². The molecule has 1 aromatic heterocycles. The summed E-state index contributed by atoms with van der Waals surface area (Å²) < 4.78 is 5.51. The normalized spacial score (nSPS) is 10.5. The number of aryl methyl sites for hydroxylation is 1. The lowest BCUT2D eigenvalue weighted by Crippen LogP contribution is -2.15. The SMILES string of the molecule is Cc1ccc2oc(C(=O)Nc3ccc(C(N)=O)cc3)cc(=O)c2c1. The van der Waals surface area contributed by atoms with Crippen LogP contribution in [-0.4, -0.2) is 11.8 Å². The molecule has 0 fully saturated rings. The molecule has 2 amide bonds. The predicted octanol–water partition coefficient (Wildman–Crippen LogP) is 2.45. The summed E-state index contributed by atoms with van der Waals surface area (Å²) in [6, 6.07) is 12.4. The molecule has 120 valence electrons. The number of nitrogens with one attached hydrogen (secondary N) is 1. The zero-order valence-electron chi connectivity index (χ0n) is 12.8. The molecule has 1 heterocycles. The number of anilines is 1. The van der Waals surface area contributed by atoms with Gasteiger partial charge in [0.2, 0.25) is 5.91 Å². The standard InChI is InChI=1S/C18H14N2O4/c1-10-2-7-15-13(8-10)14(21)9-16(24-15)18(23)20-12-5-3-11(4-6-12)17(19)22/h2-9H,1H3,(H2,19,22)(H,20,23). The zero-order valence-corrected chi connectivity index (χ0v) is 12.8. The molecule has 3 rings (SSSR count). The van der Waals surface area contributed by atoms with Crippen molar-refractivity contribution in [3.8, 4) is 0 Å². The minimum atomic E-state index is -0.554. The Labute approximate surface area is 136 Å². The van der Waals surface area contributed by atoms with E-state index < -0.39 is 11.8 Å². The number of fused-ring (bicyclic) bond motifs is 1. The van der Waals surface area contributed by atoms with Crippen LogP contribution in [0.3, 0.4) is 0 Å². The average Bonchev–Trinajstić information content (AvgIpc) is 2.55. The van der Waals surface area contributed by atoms with Crippen LogP contribution in [0.25, 0.3) is 11.0 Å². The van der Waals surface area contributed by atoms with E-state index in [-0.39, 0.29) is 11.2 Å². The van der Waals surface area contributed by atoms with Gasteiger partial charge in [0, 0.05) is 17.3 Å². The van der Waals surface area contributed by atoms with Crippen LogP contribution in [0.15, 0.2) is 57.7 Å². The molecule has 0 unspecified atom stereocenters. The Morgan fingerprint density at radius 1 is 1.04 bits per heavy atom. The first-order valence-corrected chi connectivity index (χ1v) is 7.20. The number of benzene rings is 2. The molecule has 0 aliphatic carbocycles. The molecule has 0 bridgehead atoms. The quantitative estimate of drug-likeness (QED) is 0.773. The highest BCUT2D eigenvalue weighted by atomic mass is 16.3. The van der Waals surface area contributed by atoms with Crippen LogP contribution in [0.1, 0.15) is 26.5 Å². The smallest absolute Gasteiger partial charge is 0.291 e. The van der Waals surface area contributed by atoms with E-state index in [1.54, 1.807) is 30.3 Å². The molecule has 0 saturated heterocycles. The fraction of sp³-hybridized carbons (Fsp3) is 0.0556. The van der Waals surface area contributed by atoms with Gasteiger partial charge >= 0.3 is 0 Å². The molecule has 0 atom stereocenters. The van der Waals surface area contributed by atoms with E-state index in [1.165, 1.54) is 12.1 Å². The third kappa shape index (κ3) is 3.03. The first-order chi connectivity index (χ1) is 11.4. The van der Waals surface area contributed by atoms with E-state index in [0.717, 1.165) is 11.6 Å². The maximum Gasteiger partial charge on any atom is 0.291 e. The van der Waals surface area contributed by atoms with Crippen LogP contribution < -0.4 is 16.5 Å². The summed E-state index contributed by atoms with van der Waals surface area (Å²) in [4.78, 5) is 35.4. The number of carbonyl (C=O) groups is 2. The Kier molecular flexibility index (Phi) is 3.87. The predicted molar refractivity (Wildman–Crippen MR) is 90.1 cm³/mol. The van der Waals surface area contributed by atoms with Crippen molar-refractivity contribution in [3.63, 3.8) is 0 Å². The van der Waals surface area contributed by atoms with E-state index in [2.05, 4.69) is 5.32 Å². The molecular weight excluding hydrogens is 308 g/mol. The van der Waals surface area contributed by atoms with Gasteiger partial charge in [-0.05, 0) is 43.3 Å². The molecule has 6 heteroatoms. The largest absolute Gasteiger partial charge is 0.451 e. The molecule has 0 saturated carbocycles. The molecule has 0 spiro atoms. The molecule has 6 nitrogen and oxygen atoms in total. The van der Waals surface area contributed by atoms with Crippen molar-refractivity contribution in [1.29, 1.82) is 0 Å². The molecule has 24 heavy (non-hydrogen) atoms.